The average Bonchev–Trinajstić information content (AvgIpc) is 2.86. The normalized spacial score (nSPS) is 27.5. The monoisotopic (exact) mass is 207 g/mol. The Morgan fingerprint density at radius 1 is 1.80 bits per heavy atom. The third-order valence-corrected chi connectivity index (χ3v) is 2.94. The Morgan fingerprint density at radius 2 is 2.60 bits per heavy atom. The summed E-state index contributed by atoms with van der Waals surface area (Å²) in [6.07, 6.45) is 1.34. The molecule has 1 fully saturated rings. The molecule has 1 aromatic rings. The van der Waals surface area contributed by atoms with Gasteiger partial charge in [0.05, 0.1) is 18.4 Å². The van der Waals surface area contributed by atoms with E-state index in [1.807, 2.05) is 0 Å². The van der Waals surface area contributed by atoms with Crippen LogP contribution in [0.1, 0.15) is 18.2 Å². The summed E-state index contributed by atoms with van der Waals surface area (Å²) in [5.74, 6) is 0. The van der Waals surface area contributed by atoms with Crippen molar-refractivity contribution in [3.05, 3.63) is 18.0 Å². The topological polar surface area (TPSA) is 71.1 Å². The Kier molecular flexibility index (Phi) is 2.47. The first-order valence-corrected chi connectivity index (χ1v) is 4.84. The van der Waals surface area contributed by atoms with Gasteiger partial charge in [0, 0.05) is 19.9 Å². The van der Waals surface area contributed by atoms with Crippen LogP contribution >= 0.6 is 0 Å². The van der Waals surface area contributed by atoms with Gasteiger partial charge in [-0.25, -0.2) is 0 Å². The van der Waals surface area contributed by atoms with Crippen LogP contribution in [0.5, 0.6) is 0 Å². The molecule has 1 saturated heterocycles. The van der Waals surface area contributed by atoms with E-state index >= 15 is 0 Å². The van der Waals surface area contributed by atoms with Crippen LogP contribution in [-0.4, -0.2) is 28.1 Å². The molecule has 0 aliphatic carbocycles. The Labute approximate surface area is 87.9 Å². The molecule has 1 aliphatic heterocycles. The summed E-state index contributed by atoms with van der Waals surface area (Å²) < 4.78 is 6.78. The number of aliphatic hydroxyl groups excluding tert-OH is 1. The van der Waals surface area contributed by atoms with E-state index in [1.54, 1.807) is 24.0 Å². The Morgan fingerprint density at radius 3 is 3.07 bits per heavy atom. The number of rotatable bonds is 2. The van der Waals surface area contributed by atoms with Crippen LogP contribution in [0.2, 0.25) is 0 Å². The Balaban J connectivity index is 2.31. The number of nitrogens with zero attached hydrogens (tertiary/aromatic N) is 3. The maximum absolute atomic E-state index is 10.2. The molecule has 2 unspecified atom stereocenters. The lowest BCUT2D eigenvalue weighted by atomic mass is 9.81. The molecule has 80 valence electrons. The van der Waals surface area contributed by atoms with Gasteiger partial charge < -0.3 is 9.84 Å². The Bertz CT molecular complexity index is 388. The van der Waals surface area contributed by atoms with Crippen molar-refractivity contribution in [2.24, 2.45) is 12.5 Å². The lowest BCUT2D eigenvalue weighted by Gasteiger charge is -2.25. The molecule has 0 bridgehead atoms. The minimum Gasteiger partial charge on any atom is -0.385 e. The summed E-state index contributed by atoms with van der Waals surface area (Å²) in [6, 6.07) is 3.90. The zero-order valence-corrected chi connectivity index (χ0v) is 8.55. The van der Waals surface area contributed by atoms with Gasteiger partial charge in [0.2, 0.25) is 0 Å². The van der Waals surface area contributed by atoms with Gasteiger partial charge in [-0.3, -0.25) is 4.68 Å². The highest BCUT2D eigenvalue weighted by atomic mass is 16.5. The van der Waals surface area contributed by atoms with Crippen molar-refractivity contribution in [3.63, 3.8) is 0 Å². The van der Waals surface area contributed by atoms with E-state index in [1.165, 1.54) is 0 Å². The molecule has 2 heterocycles. The van der Waals surface area contributed by atoms with E-state index in [4.69, 9.17) is 10.00 Å². The van der Waals surface area contributed by atoms with Crippen molar-refractivity contribution in [3.8, 4) is 6.07 Å². The molecule has 15 heavy (non-hydrogen) atoms. The summed E-state index contributed by atoms with van der Waals surface area (Å²) in [5, 5.41) is 23.3. The number of aliphatic hydroxyl groups is 1. The molecule has 0 saturated carbocycles. The number of aromatic nitrogens is 2. The van der Waals surface area contributed by atoms with Gasteiger partial charge in [-0.15, -0.1) is 0 Å². The van der Waals surface area contributed by atoms with Crippen molar-refractivity contribution in [2.75, 3.05) is 13.2 Å². The van der Waals surface area contributed by atoms with Crippen LogP contribution in [0, 0.1) is 16.7 Å². The van der Waals surface area contributed by atoms with Crippen LogP contribution in [0.15, 0.2) is 12.3 Å². The van der Waals surface area contributed by atoms with Gasteiger partial charge in [0.25, 0.3) is 0 Å². The van der Waals surface area contributed by atoms with Crippen molar-refractivity contribution >= 4 is 0 Å². The van der Waals surface area contributed by atoms with Gasteiger partial charge in [0.15, 0.2) is 0 Å². The fourth-order valence-electron chi connectivity index (χ4n) is 1.88. The van der Waals surface area contributed by atoms with Gasteiger partial charge in [-0.2, -0.15) is 10.4 Å². The van der Waals surface area contributed by atoms with Crippen LogP contribution in [0.3, 0.4) is 0 Å². The maximum atomic E-state index is 10.2. The van der Waals surface area contributed by atoms with Crippen LogP contribution in [0.25, 0.3) is 0 Å². The molecule has 0 spiro atoms. The highest BCUT2D eigenvalue weighted by Crippen LogP contribution is 2.40. The number of aryl methyl sites for hydroxylation is 1. The van der Waals surface area contributed by atoms with Gasteiger partial charge in [0.1, 0.15) is 11.5 Å². The maximum Gasteiger partial charge on any atom is 0.117 e. The molecule has 2 atom stereocenters. The van der Waals surface area contributed by atoms with Crippen LogP contribution in [0.4, 0.5) is 0 Å². The molecule has 5 heteroatoms. The van der Waals surface area contributed by atoms with E-state index in [-0.39, 0.29) is 6.61 Å². The van der Waals surface area contributed by atoms with Gasteiger partial charge >= 0.3 is 0 Å². The third-order valence-electron chi connectivity index (χ3n) is 2.94. The van der Waals surface area contributed by atoms with Crippen molar-refractivity contribution in [1.82, 2.24) is 9.78 Å². The van der Waals surface area contributed by atoms with E-state index in [2.05, 4.69) is 11.2 Å². The molecule has 1 aromatic heterocycles. The summed E-state index contributed by atoms with van der Waals surface area (Å²) >= 11 is 0. The first kappa shape index (κ1) is 10.1. The first-order chi connectivity index (χ1) is 7.19. The molecular weight excluding hydrogens is 194 g/mol. The third kappa shape index (κ3) is 1.52. The standard InChI is InChI=1S/C10H13N3O2/c1-13-8(2-4-12-13)9(14)10(6-11)3-5-15-7-10/h2,4,9,14H,3,5,7H2,1H3. The van der Waals surface area contributed by atoms with Crippen LogP contribution < -0.4 is 0 Å². The molecular formula is C10H13N3O2. The zero-order valence-electron chi connectivity index (χ0n) is 8.55. The fourth-order valence-corrected chi connectivity index (χ4v) is 1.88. The number of hydrogen-bond acceptors (Lipinski definition) is 4. The first-order valence-electron chi connectivity index (χ1n) is 4.84. The minimum absolute atomic E-state index is 0.288. The number of hydrogen-bond donors (Lipinski definition) is 1. The van der Waals surface area contributed by atoms with Crippen LogP contribution in [-0.2, 0) is 11.8 Å². The van der Waals surface area contributed by atoms with E-state index < -0.39 is 11.5 Å². The SMILES string of the molecule is Cn1nccc1C(O)C1(C#N)CCOC1. The minimum atomic E-state index is -0.836. The predicted molar refractivity (Wildman–Crippen MR) is 51.6 cm³/mol. The second kappa shape index (κ2) is 3.65. The van der Waals surface area contributed by atoms with E-state index in [0.29, 0.717) is 18.7 Å². The average molecular weight is 207 g/mol. The largest absolute Gasteiger partial charge is 0.385 e. The summed E-state index contributed by atoms with van der Waals surface area (Å²) in [7, 11) is 1.75. The second-order valence-electron chi connectivity index (χ2n) is 3.85. The lowest BCUT2D eigenvalue weighted by molar-refractivity contribution is 0.0445. The molecule has 0 aromatic carbocycles. The van der Waals surface area contributed by atoms with Crippen molar-refractivity contribution in [1.29, 1.82) is 5.26 Å². The quantitative estimate of drug-likeness (QED) is 0.761. The van der Waals surface area contributed by atoms with E-state index in [9.17, 15) is 5.11 Å². The molecule has 5 nitrogen and oxygen atoms in total. The summed E-state index contributed by atoms with van der Waals surface area (Å²) in [5.41, 5.74) is -0.157. The fraction of sp³-hybridized carbons (Fsp3) is 0.600. The van der Waals surface area contributed by atoms with Gasteiger partial charge in [-0.1, -0.05) is 0 Å². The zero-order chi connectivity index (χ0) is 10.9. The van der Waals surface area contributed by atoms with Crippen molar-refractivity contribution in [2.45, 2.75) is 12.5 Å². The van der Waals surface area contributed by atoms with E-state index in [0.717, 1.165) is 0 Å². The second-order valence-corrected chi connectivity index (χ2v) is 3.85. The molecule has 2 rings (SSSR count). The summed E-state index contributed by atoms with van der Waals surface area (Å²) in [4.78, 5) is 0. The van der Waals surface area contributed by atoms with Gasteiger partial charge in [-0.05, 0) is 12.5 Å². The predicted octanol–water partition coefficient (Wildman–Crippen LogP) is 0.384. The highest BCUT2D eigenvalue weighted by Gasteiger charge is 2.44. The van der Waals surface area contributed by atoms with Crippen molar-refractivity contribution < 1.29 is 9.84 Å². The molecule has 0 amide bonds. The Hall–Kier alpha value is -1.38. The smallest absolute Gasteiger partial charge is 0.117 e. The number of nitriles is 1. The molecule has 1 N–H and O–H groups in total. The summed E-state index contributed by atoms with van der Waals surface area (Å²) in [6.45, 7) is 0.818. The number of ether oxygens (including phenoxy) is 1. The molecule has 1 aliphatic rings. The highest BCUT2D eigenvalue weighted by molar-refractivity contribution is 5.16. The lowest BCUT2D eigenvalue weighted by Crippen LogP contribution is -2.29. The molecule has 0 radical (unpaired) electrons.